The smallest absolute Gasteiger partial charge is 0.269 e. The molecule has 1 saturated heterocycles. The van der Waals surface area contributed by atoms with Gasteiger partial charge in [-0.2, -0.15) is 0 Å². The van der Waals surface area contributed by atoms with Crippen molar-refractivity contribution in [2.45, 2.75) is 20.3 Å². The van der Waals surface area contributed by atoms with Gasteiger partial charge in [-0.15, -0.1) is 0 Å². The molecule has 0 bridgehead atoms. The third kappa shape index (κ3) is 4.13. The van der Waals surface area contributed by atoms with Gasteiger partial charge in [0.1, 0.15) is 5.82 Å². The molecule has 0 radical (unpaired) electrons. The van der Waals surface area contributed by atoms with Crippen molar-refractivity contribution in [3.05, 3.63) is 65.0 Å². The highest BCUT2D eigenvalue weighted by Gasteiger charge is 2.35. The summed E-state index contributed by atoms with van der Waals surface area (Å²) in [6, 6.07) is 10.8. The molecule has 1 heterocycles. The van der Waals surface area contributed by atoms with Gasteiger partial charge in [0, 0.05) is 24.2 Å². The molecule has 0 unspecified atom stereocenters. The summed E-state index contributed by atoms with van der Waals surface area (Å²) in [7, 11) is 0. The van der Waals surface area contributed by atoms with Crippen LogP contribution in [0.15, 0.2) is 42.5 Å². The van der Waals surface area contributed by atoms with Crippen LogP contribution in [-0.4, -0.2) is 24.3 Å². The molecule has 7 heteroatoms. The van der Waals surface area contributed by atoms with Crippen LogP contribution in [0.3, 0.4) is 0 Å². The molecule has 0 aliphatic carbocycles. The van der Waals surface area contributed by atoms with Gasteiger partial charge in [0.05, 0.1) is 5.92 Å². The molecular formula is C20H20FN3O3. The maximum absolute atomic E-state index is 13.2. The Hall–Kier alpha value is -3.22. The highest BCUT2D eigenvalue weighted by Crippen LogP contribution is 2.26. The minimum atomic E-state index is -0.627. The average Bonchev–Trinajstić information content (AvgIpc) is 3.03. The van der Waals surface area contributed by atoms with Crippen LogP contribution in [0.2, 0.25) is 0 Å². The van der Waals surface area contributed by atoms with Crippen LogP contribution < -0.4 is 15.8 Å². The Morgan fingerprint density at radius 3 is 2.56 bits per heavy atom. The Kier molecular flexibility index (Phi) is 5.21. The van der Waals surface area contributed by atoms with Crippen LogP contribution in [-0.2, 0) is 9.59 Å². The van der Waals surface area contributed by atoms with Gasteiger partial charge in [0.15, 0.2) is 0 Å². The van der Waals surface area contributed by atoms with Crippen molar-refractivity contribution in [3.63, 3.8) is 0 Å². The SMILES string of the molecule is Cc1ccc(N2C[C@@H](C(=O)NNC(=O)c3cccc(F)c3)CC2=O)cc1C. The van der Waals surface area contributed by atoms with Crippen molar-refractivity contribution >= 4 is 23.4 Å². The molecule has 6 nitrogen and oxygen atoms in total. The van der Waals surface area contributed by atoms with Gasteiger partial charge in [0.25, 0.3) is 5.91 Å². The summed E-state index contributed by atoms with van der Waals surface area (Å²) in [4.78, 5) is 38.2. The number of amides is 3. The van der Waals surface area contributed by atoms with Gasteiger partial charge in [-0.3, -0.25) is 25.2 Å². The Morgan fingerprint density at radius 1 is 1.07 bits per heavy atom. The van der Waals surface area contributed by atoms with Crippen LogP contribution in [0, 0.1) is 25.6 Å². The minimum Gasteiger partial charge on any atom is -0.312 e. The second-order valence-corrected chi connectivity index (χ2v) is 6.63. The summed E-state index contributed by atoms with van der Waals surface area (Å²) in [6.07, 6.45) is 0.0641. The Bertz CT molecular complexity index is 913. The van der Waals surface area contributed by atoms with Crippen LogP contribution >= 0.6 is 0 Å². The van der Waals surface area contributed by atoms with E-state index in [9.17, 15) is 18.8 Å². The number of anilines is 1. The van der Waals surface area contributed by atoms with Crippen molar-refractivity contribution in [2.24, 2.45) is 5.92 Å². The summed E-state index contributed by atoms with van der Waals surface area (Å²) in [5.74, 6) is -2.35. The van der Waals surface area contributed by atoms with Gasteiger partial charge in [0.2, 0.25) is 11.8 Å². The number of hydrogen-bond acceptors (Lipinski definition) is 3. The van der Waals surface area contributed by atoms with Crippen LogP contribution in [0.25, 0.3) is 0 Å². The lowest BCUT2D eigenvalue weighted by Gasteiger charge is -2.18. The van der Waals surface area contributed by atoms with Gasteiger partial charge in [-0.1, -0.05) is 12.1 Å². The zero-order valence-electron chi connectivity index (χ0n) is 15.1. The molecule has 0 saturated carbocycles. The fraction of sp³-hybridized carbons (Fsp3) is 0.250. The second kappa shape index (κ2) is 7.57. The fourth-order valence-corrected chi connectivity index (χ4v) is 2.95. The Labute approximate surface area is 156 Å². The number of hydrazine groups is 1. The number of nitrogens with one attached hydrogen (secondary N) is 2. The van der Waals surface area contributed by atoms with E-state index in [2.05, 4.69) is 10.9 Å². The van der Waals surface area contributed by atoms with E-state index in [1.54, 1.807) is 4.90 Å². The van der Waals surface area contributed by atoms with Crippen LogP contribution in [0.4, 0.5) is 10.1 Å². The molecule has 27 heavy (non-hydrogen) atoms. The summed E-state index contributed by atoms with van der Waals surface area (Å²) in [6.45, 7) is 4.19. The van der Waals surface area contributed by atoms with E-state index in [0.29, 0.717) is 0 Å². The highest BCUT2D eigenvalue weighted by atomic mass is 19.1. The first-order valence-electron chi connectivity index (χ1n) is 8.58. The Balaban J connectivity index is 1.60. The van der Waals surface area contributed by atoms with Gasteiger partial charge >= 0.3 is 0 Å². The molecule has 1 atom stereocenters. The maximum Gasteiger partial charge on any atom is 0.269 e. The van der Waals surface area contributed by atoms with E-state index in [1.807, 2.05) is 32.0 Å². The quantitative estimate of drug-likeness (QED) is 0.815. The maximum atomic E-state index is 13.2. The molecular weight excluding hydrogens is 349 g/mol. The number of carbonyl (C=O) groups is 3. The number of benzene rings is 2. The van der Waals surface area contributed by atoms with Crippen molar-refractivity contribution in [1.82, 2.24) is 10.9 Å². The second-order valence-electron chi connectivity index (χ2n) is 6.63. The first-order chi connectivity index (χ1) is 12.8. The number of hydrogen-bond donors (Lipinski definition) is 2. The van der Waals surface area contributed by atoms with Crippen LogP contribution in [0.1, 0.15) is 27.9 Å². The molecule has 1 aliphatic heterocycles. The molecule has 0 aromatic heterocycles. The molecule has 0 spiro atoms. The van der Waals surface area contributed by atoms with Gasteiger partial charge in [-0.25, -0.2) is 4.39 Å². The largest absolute Gasteiger partial charge is 0.312 e. The lowest BCUT2D eigenvalue weighted by molar-refractivity contribution is -0.126. The highest BCUT2D eigenvalue weighted by molar-refractivity contribution is 6.01. The molecule has 1 aliphatic rings. The first-order valence-corrected chi connectivity index (χ1v) is 8.58. The van der Waals surface area contributed by atoms with E-state index in [-0.39, 0.29) is 24.4 Å². The minimum absolute atomic E-state index is 0.0641. The number of halogens is 1. The fourth-order valence-electron chi connectivity index (χ4n) is 2.95. The lowest BCUT2D eigenvalue weighted by atomic mass is 10.1. The Morgan fingerprint density at radius 2 is 1.85 bits per heavy atom. The van der Waals surface area contributed by atoms with Gasteiger partial charge < -0.3 is 4.90 Å². The first kappa shape index (κ1) is 18.6. The summed E-state index contributed by atoms with van der Waals surface area (Å²) >= 11 is 0. The monoisotopic (exact) mass is 369 g/mol. The number of aryl methyl sites for hydroxylation is 2. The van der Waals surface area contributed by atoms with Crippen molar-refractivity contribution in [2.75, 3.05) is 11.4 Å². The molecule has 140 valence electrons. The third-order valence-electron chi connectivity index (χ3n) is 4.68. The normalized spacial score (nSPS) is 16.3. The molecule has 3 rings (SSSR count). The van der Waals surface area contributed by atoms with E-state index in [0.717, 1.165) is 22.9 Å². The van der Waals surface area contributed by atoms with Crippen molar-refractivity contribution in [3.8, 4) is 0 Å². The predicted molar refractivity (Wildman–Crippen MR) is 98.4 cm³/mol. The molecule has 2 N–H and O–H groups in total. The number of rotatable bonds is 3. The zero-order valence-corrected chi connectivity index (χ0v) is 15.1. The molecule has 2 aromatic carbocycles. The number of carbonyl (C=O) groups excluding carboxylic acids is 3. The van der Waals surface area contributed by atoms with Gasteiger partial charge in [-0.05, 0) is 55.3 Å². The predicted octanol–water partition coefficient (Wildman–Crippen LogP) is 2.26. The zero-order chi connectivity index (χ0) is 19.6. The van der Waals surface area contributed by atoms with E-state index < -0.39 is 23.5 Å². The summed E-state index contributed by atoms with van der Waals surface area (Å²) < 4.78 is 13.2. The molecule has 2 aromatic rings. The standard InChI is InChI=1S/C20H20FN3O3/c1-12-6-7-17(8-13(12)2)24-11-15(10-18(24)25)20(27)23-22-19(26)14-4-3-5-16(21)9-14/h3-9,15H,10-11H2,1-2H3,(H,22,26)(H,23,27)/t15-/m0/s1. The lowest BCUT2D eigenvalue weighted by Crippen LogP contribution is -2.45. The van der Waals surface area contributed by atoms with E-state index in [1.165, 1.54) is 18.2 Å². The molecule has 3 amide bonds. The third-order valence-corrected chi connectivity index (χ3v) is 4.68. The van der Waals surface area contributed by atoms with Crippen molar-refractivity contribution < 1.29 is 18.8 Å². The van der Waals surface area contributed by atoms with Crippen molar-refractivity contribution in [1.29, 1.82) is 0 Å². The summed E-state index contributed by atoms with van der Waals surface area (Å²) in [5, 5.41) is 0. The average molecular weight is 369 g/mol. The van der Waals surface area contributed by atoms with E-state index in [4.69, 9.17) is 0 Å². The molecule has 1 fully saturated rings. The number of nitrogens with zero attached hydrogens (tertiary/aromatic N) is 1. The topological polar surface area (TPSA) is 78.5 Å². The van der Waals surface area contributed by atoms with E-state index >= 15 is 0 Å². The van der Waals surface area contributed by atoms with Crippen LogP contribution in [0.5, 0.6) is 0 Å². The summed E-state index contributed by atoms with van der Waals surface area (Å²) in [5.41, 5.74) is 7.60.